The van der Waals surface area contributed by atoms with E-state index in [4.69, 9.17) is 0 Å². The van der Waals surface area contributed by atoms with Crippen LogP contribution in [0.5, 0.6) is 0 Å². The average Bonchev–Trinajstić information content (AvgIpc) is 3.27. The van der Waals surface area contributed by atoms with E-state index in [9.17, 15) is 14.0 Å². The summed E-state index contributed by atoms with van der Waals surface area (Å²) in [6.45, 7) is 1.15. The quantitative estimate of drug-likeness (QED) is 0.705. The molecule has 1 saturated heterocycles. The van der Waals surface area contributed by atoms with Crippen molar-refractivity contribution >= 4 is 17.5 Å². The lowest BCUT2D eigenvalue weighted by molar-refractivity contribution is -0.135. The van der Waals surface area contributed by atoms with E-state index in [1.165, 1.54) is 29.5 Å². The minimum atomic E-state index is -0.287. The molecule has 30 heavy (non-hydrogen) atoms. The van der Waals surface area contributed by atoms with Crippen LogP contribution in [0.3, 0.4) is 0 Å². The molecule has 0 saturated carbocycles. The van der Waals surface area contributed by atoms with Crippen LogP contribution in [0, 0.1) is 11.7 Å². The van der Waals surface area contributed by atoms with Crippen molar-refractivity contribution in [2.75, 3.05) is 18.4 Å². The summed E-state index contributed by atoms with van der Waals surface area (Å²) < 4.78 is 14.9. The normalized spacial score (nSPS) is 16.3. The number of aromatic nitrogens is 3. The fourth-order valence-corrected chi connectivity index (χ4v) is 3.63. The molecule has 0 radical (unpaired) electrons. The number of rotatable bonds is 5. The number of hydrogen-bond acceptors (Lipinski definition) is 4. The molecule has 3 aromatic rings. The largest absolute Gasteiger partial charge is 0.340 e. The molecular weight excluding hydrogens is 385 g/mol. The summed E-state index contributed by atoms with van der Waals surface area (Å²) in [7, 11) is 0. The molecule has 2 aromatic carbocycles. The van der Waals surface area contributed by atoms with Gasteiger partial charge < -0.3 is 10.2 Å². The molecule has 8 heteroatoms. The van der Waals surface area contributed by atoms with Gasteiger partial charge in [0.2, 0.25) is 11.8 Å². The third-order valence-electron chi connectivity index (χ3n) is 5.22. The second-order valence-electron chi connectivity index (χ2n) is 7.35. The van der Waals surface area contributed by atoms with Gasteiger partial charge in [0, 0.05) is 18.8 Å². The Morgan fingerprint density at radius 2 is 1.97 bits per heavy atom. The maximum Gasteiger partial charge on any atom is 0.244 e. The molecule has 1 aliphatic heterocycles. The zero-order valence-corrected chi connectivity index (χ0v) is 16.4. The number of carbonyl (C=O) groups excluding carboxylic acids is 2. The van der Waals surface area contributed by atoms with Gasteiger partial charge in [0.25, 0.3) is 0 Å². The van der Waals surface area contributed by atoms with E-state index in [0.717, 1.165) is 24.0 Å². The van der Waals surface area contributed by atoms with Crippen molar-refractivity contribution in [3.05, 3.63) is 67.0 Å². The average molecular weight is 407 g/mol. The minimum absolute atomic E-state index is 0.0718. The van der Waals surface area contributed by atoms with Gasteiger partial charge in [-0.3, -0.25) is 9.59 Å². The zero-order valence-electron chi connectivity index (χ0n) is 16.4. The highest BCUT2D eigenvalue weighted by Crippen LogP contribution is 2.23. The van der Waals surface area contributed by atoms with Crippen LogP contribution in [0.25, 0.3) is 11.1 Å². The van der Waals surface area contributed by atoms with E-state index >= 15 is 0 Å². The lowest BCUT2D eigenvalue weighted by atomic mass is 9.97. The molecule has 1 atom stereocenters. The molecule has 1 aromatic heterocycles. The predicted octanol–water partition coefficient (Wildman–Crippen LogP) is 2.96. The van der Waals surface area contributed by atoms with E-state index in [2.05, 4.69) is 15.4 Å². The number of piperidine rings is 1. The molecule has 7 nitrogen and oxygen atoms in total. The van der Waals surface area contributed by atoms with E-state index in [0.29, 0.717) is 18.8 Å². The van der Waals surface area contributed by atoms with Gasteiger partial charge in [0.05, 0.1) is 5.92 Å². The fraction of sp³-hybridized carbons (Fsp3) is 0.273. The number of carbonyl (C=O) groups is 2. The molecule has 0 bridgehead atoms. The topological polar surface area (TPSA) is 80.1 Å². The number of halogens is 1. The van der Waals surface area contributed by atoms with Crippen LogP contribution in [-0.4, -0.2) is 44.6 Å². The highest BCUT2D eigenvalue weighted by molar-refractivity contribution is 5.93. The first kappa shape index (κ1) is 19.8. The van der Waals surface area contributed by atoms with Crippen molar-refractivity contribution in [1.82, 2.24) is 19.7 Å². The Morgan fingerprint density at radius 3 is 2.70 bits per heavy atom. The SMILES string of the molecule is O=C(Nc1ccc(-c2cccc(F)c2)cc1)[C@@H]1CCCN(C(=O)Cn2cncn2)C1. The Hall–Kier alpha value is -3.55. The van der Waals surface area contributed by atoms with Crippen LogP contribution in [0.1, 0.15) is 12.8 Å². The van der Waals surface area contributed by atoms with Crippen molar-refractivity contribution in [3.63, 3.8) is 0 Å². The summed E-state index contributed by atoms with van der Waals surface area (Å²) in [5, 5.41) is 6.88. The lowest BCUT2D eigenvalue weighted by Gasteiger charge is -2.32. The van der Waals surface area contributed by atoms with Crippen LogP contribution in [0.2, 0.25) is 0 Å². The summed E-state index contributed by atoms with van der Waals surface area (Å²) in [6, 6.07) is 13.7. The standard InChI is InChI=1S/C22H22FN5O2/c23-19-5-1-3-17(11-19)16-6-8-20(9-7-16)26-22(30)18-4-2-10-27(12-18)21(29)13-28-15-24-14-25-28/h1,3,5-9,11,14-15,18H,2,4,10,12-13H2,(H,26,30)/t18-/m1/s1. The summed E-state index contributed by atoms with van der Waals surface area (Å²) in [5.41, 5.74) is 2.32. The first-order valence-electron chi connectivity index (χ1n) is 9.85. The second kappa shape index (κ2) is 8.86. The molecule has 2 amide bonds. The van der Waals surface area contributed by atoms with Gasteiger partial charge in [0.1, 0.15) is 25.0 Å². The van der Waals surface area contributed by atoms with E-state index < -0.39 is 0 Å². The molecule has 1 aliphatic rings. The highest BCUT2D eigenvalue weighted by atomic mass is 19.1. The smallest absolute Gasteiger partial charge is 0.244 e. The Balaban J connectivity index is 1.35. The van der Waals surface area contributed by atoms with Crippen LogP contribution < -0.4 is 5.32 Å². The van der Waals surface area contributed by atoms with Gasteiger partial charge in [0.15, 0.2) is 0 Å². The van der Waals surface area contributed by atoms with Gasteiger partial charge in [-0.05, 0) is 48.2 Å². The second-order valence-corrected chi connectivity index (χ2v) is 7.35. The van der Waals surface area contributed by atoms with Gasteiger partial charge >= 0.3 is 0 Å². The summed E-state index contributed by atoms with van der Waals surface area (Å²) in [4.78, 5) is 30.7. The van der Waals surface area contributed by atoms with Crippen molar-refractivity contribution < 1.29 is 14.0 Å². The molecule has 1 N–H and O–H groups in total. The van der Waals surface area contributed by atoms with E-state index in [1.807, 2.05) is 18.2 Å². The molecule has 154 valence electrons. The van der Waals surface area contributed by atoms with Gasteiger partial charge in [-0.25, -0.2) is 14.1 Å². The number of benzene rings is 2. The van der Waals surface area contributed by atoms with Crippen molar-refractivity contribution in [1.29, 1.82) is 0 Å². The molecular formula is C22H22FN5O2. The molecule has 0 aliphatic carbocycles. The first-order chi connectivity index (χ1) is 14.6. The van der Waals surface area contributed by atoms with Crippen molar-refractivity contribution in [2.24, 2.45) is 5.92 Å². The maximum absolute atomic E-state index is 13.4. The molecule has 0 spiro atoms. The Morgan fingerprint density at radius 1 is 1.13 bits per heavy atom. The predicted molar refractivity (Wildman–Crippen MR) is 110 cm³/mol. The van der Waals surface area contributed by atoms with Crippen molar-refractivity contribution in [2.45, 2.75) is 19.4 Å². The molecule has 1 fully saturated rings. The van der Waals surface area contributed by atoms with Crippen LogP contribution in [-0.2, 0) is 16.1 Å². The monoisotopic (exact) mass is 407 g/mol. The highest BCUT2D eigenvalue weighted by Gasteiger charge is 2.28. The number of amides is 2. The number of nitrogens with zero attached hydrogens (tertiary/aromatic N) is 4. The number of hydrogen-bond donors (Lipinski definition) is 1. The van der Waals surface area contributed by atoms with Gasteiger partial charge in [-0.15, -0.1) is 0 Å². The number of likely N-dealkylation sites (tertiary alicyclic amines) is 1. The van der Waals surface area contributed by atoms with E-state index in [1.54, 1.807) is 23.1 Å². The number of nitrogens with one attached hydrogen (secondary N) is 1. The van der Waals surface area contributed by atoms with Crippen molar-refractivity contribution in [3.8, 4) is 11.1 Å². The zero-order chi connectivity index (χ0) is 20.9. The Kier molecular flexibility index (Phi) is 5.83. The van der Waals surface area contributed by atoms with Crippen LogP contribution in [0.15, 0.2) is 61.2 Å². The van der Waals surface area contributed by atoms with Crippen LogP contribution in [0.4, 0.5) is 10.1 Å². The minimum Gasteiger partial charge on any atom is -0.340 e. The summed E-state index contributed by atoms with van der Waals surface area (Å²) >= 11 is 0. The lowest BCUT2D eigenvalue weighted by Crippen LogP contribution is -2.45. The molecule has 2 heterocycles. The fourth-order valence-electron chi connectivity index (χ4n) is 3.63. The summed E-state index contributed by atoms with van der Waals surface area (Å²) in [5.74, 6) is -0.726. The van der Waals surface area contributed by atoms with E-state index in [-0.39, 0.29) is 30.1 Å². The Bertz CT molecular complexity index is 1020. The molecule has 4 rings (SSSR count). The third-order valence-corrected chi connectivity index (χ3v) is 5.22. The summed E-state index contributed by atoms with van der Waals surface area (Å²) in [6.07, 6.45) is 4.40. The van der Waals surface area contributed by atoms with Crippen LogP contribution >= 0.6 is 0 Å². The van der Waals surface area contributed by atoms with Gasteiger partial charge in [-0.2, -0.15) is 5.10 Å². The third kappa shape index (κ3) is 4.71. The van der Waals surface area contributed by atoms with Gasteiger partial charge in [-0.1, -0.05) is 24.3 Å². The molecule has 0 unspecified atom stereocenters. The number of anilines is 1. The maximum atomic E-state index is 13.4. The Labute approximate surface area is 173 Å². The first-order valence-corrected chi connectivity index (χ1v) is 9.85.